The molecule has 18 nitrogen and oxygen atoms in total. The lowest BCUT2D eigenvalue weighted by Crippen LogP contribution is -2.42. The third kappa shape index (κ3) is 21.8. The first kappa shape index (κ1) is 95.2. The molecule has 0 N–H and O–H groups in total. The van der Waals surface area contributed by atoms with Crippen LogP contribution in [0.4, 0.5) is 26.3 Å². The predicted octanol–water partition coefficient (Wildman–Crippen LogP) is 20.3. The van der Waals surface area contributed by atoms with Crippen molar-refractivity contribution in [1.82, 2.24) is 0 Å². The Hall–Kier alpha value is -7.50. The molecule has 30 heteroatoms. The number of ether oxygens (including phenoxy) is 9. The Morgan fingerprint density at radius 1 is 0.361 bits per heavy atom. The van der Waals surface area contributed by atoms with Crippen molar-refractivity contribution in [1.29, 1.82) is 0 Å². The standard InChI is InChI=1S/C32H36F2O6S2.C31H36F2O6S2.C29H32F2O6S2/c1-21(32(33,34)42(35,36)37)38-24-8-6-9-27(20-24)41(25-16-12-22(13-17-25)30(2,3)4)26-18-14-23(15-19-26)31(5)39-28-10-7-11-29(28)40-31;1-21(31(32,33)41(34,35)36)38-24-9-8-10-27(19-24)40(25-15-11-22(12-16-25)28(2,3)4)26-17-13-23(14-18-26)30(7)37-20-29(5,6)39-30;1-20(29(30,31)39(32,33)34)37-23-7-6-8-26(19-23)38(24-13-9-21(10-14-24)27(2,3)4)25-15-11-22(12-16-25)28(5)35-17-18-36-28/h6,8-9,12-21,28-29H,7,10-11H2,1-5H3;8-19,21H,20H2,1-7H3;6-16,19-20H,17-18H2,1-5H3. The molecule has 122 heavy (non-hydrogen) atoms. The number of hydrogen-bond donors (Lipinski definition) is 0. The number of hydrogen-bond acceptors (Lipinski definition) is 18. The van der Waals surface area contributed by atoms with Crippen LogP contribution in [0, 0.1) is 0 Å². The molecule has 9 aromatic rings. The fourth-order valence-electron chi connectivity index (χ4n) is 14.3. The average Bonchev–Trinajstić information content (AvgIpc) is 1.70. The highest BCUT2D eigenvalue weighted by Gasteiger charge is 2.51. The summed E-state index contributed by atoms with van der Waals surface area (Å²) in [4.78, 5) is 8.18. The molecule has 3 saturated heterocycles. The van der Waals surface area contributed by atoms with Gasteiger partial charge in [0, 0.05) is 34.9 Å². The monoisotopic (exact) mass is 1800 g/mol. The zero-order valence-electron chi connectivity index (χ0n) is 71.0. The SMILES string of the molecule is CC(Oc1cccc([S+](c2ccc(C(C)(C)C)cc2)c2ccc(C3(C)OC4CCCC4O3)cc2)c1)C(F)(F)S(=O)(=O)[O-].CC(Oc1cccc([S+](c2ccc(C(C)(C)C)cc2)c2ccc(C3(C)OCC(C)(C)O3)cc2)c1)C(F)(F)S(=O)(=O)[O-].CC(Oc1cccc([S+](c2ccc(C(C)(C)C)cc2)c2ccc(C3(C)OCCO3)cc2)c1)C(F)(F)S(=O)(=O)[O-]. The van der Waals surface area contributed by atoms with Gasteiger partial charge in [-0.3, -0.25) is 0 Å². The molecular formula is C92H104F6O18S6. The van der Waals surface area contributed by atoms with Crippen LogP contribution in [0.3, 0.4) is 0 Å². The van der Waals surface area contributed by atoms with Gasteiger partial charge in [-0.05, 0) is 253 Å². The average molecular weight is 1800 g/mol. The Morgan fingerprint density at radius 3 is 0.861 bits per heavy atom. The van der Waals surface area contributed by atoms with E-state index in [9.17, 15) is 65.3 Å². The third-order valence-corrected chi connectivity index (χ3v) is 31.0. The Morgan fingerprint density at radius 2 is 0.615 bits per heavy atom. The molecule has 9 atom stereocenters. The fraction of sp³-hybridized carbons (Fsp3) is 0.413. The molecule has 3 aliphatic heterocycles. The van der Waals surface area contributed by atoms with E-state index in [1.54, 1.807) is 36.4 Å². The highest BCUT2D eigenvalue weighted by molar-refractivity contribution is 7.97. The van der Waals surface area contributed by atoms with Crippen LogP contribution in [0.5, 0.6) is 17.2 Å². The first-order chi connectivity index (χ1) is 56.5. The van der Waals surface area contributed by atoms with Gasteiger partial charge in [-0.15, -0.1) is 0 Å². The van der Waals surface area contributed by atoms with E-state index in [1.165, 1.54) is 29.3 Å². The van der Waals surface area contributed by atoms with Crippen LogP contribution in [-0.4, -0.2) is 111 Å². The number of rotatable bonds is 24. The molecule has 9 aromatic carbocycles. The number of halogens is 6. The molecule has 658 valence electrons. The van der Waals surface area contributed by atoms with Gasteiger partial charge < -0.3 is 56.3 Å². The Kier molecular flexibility index (Phi) is 28.2. The molecule has 9 unspecified atom stereocenters. The van der Waals surface area contributed by atoms with Crippen molar-refractivity contribution >= 4 is 63.0 Å². The van der Waals surface area contributed by atoms with E-state index in [2.05, 4.69) is 135 Å². The summed E-state index contributed by atoms with van der Waals surface area (Å²) in [5.74, 6) is -2.42. The summed E-state index contributed by atoms with van der Waals surface area (Å²) < 4.78 is 237. The fourth-order valence-corrected chi connectivity index (χ4v) is 21.9. The molecule has 0 amide bonds. The van der Waals surface area contributed by atoms with E-state index >= 15 is 0 Å². The highest BCUT2D eigenvalue weighted by Crippen LogP contribution is 2.47. The molecule has 4 aliphatic rings. The molecule has 0 spiro atoms. The Balaban J connectivity index is 0.000000179. The molecule has 0 bridgehead atoms. The maximum atomic E-state index is 14.2. The zero-order chi connectivity index (χ0) is 89.6. The van der Waals surface area contributed by atoms with E-state index in [4.69, 9.17) is 42.6 Å². The van der Waals surface area contributed by atoms with Crippen molar-refractivity contribution in [2.75, 3.05) is 19.8 Å². The van der Waals surface area contributed by atoms with E-state index in [1.807, 2.05) is 126 Å². The van der Waals surface area contributed by atoms with Crippen molar-refractivity contribution in [2.45, 2.75) is 267 Å². The molecular weight excluding hydrogens is 1700 g/mol. The van der Waals surface area contributed by atoms with Gasteiger partial charge in [0.05, 0.1) is 70.3 Å². The minimum absolute atomic E-state index is 0.0289. The van der Waals surface area contributed by atoms with E-state index in [0.717, 1.165) is 106 Å². The van der Waals surface area contributed by atoms with Gasteiger partial charge in [0.1, 0.15) is 17.2 Å². The van der Waals surface area contributed by atoms with Crippen molar-refractivity contribution in [2.24, 2.45) is 0 Å². The summed E-state index contributed by atoms with van der Waals surface area (Å²) >= 11 is 0. The summed E-state index contributed by atoms with van der Waals surface area (Å²) in [6, 6.07) is 68.4. The maximum absolute atomic E-state index is 14.2. The smallest absolute Gasteiger partial charge is 0.369 e. The van der Waals surface area contributed by atoms with Gasteiger partial charge in [-0.2, -0.15) is 26.3 Å². The second kappa shape index (κ2) is 36.1. The summed E-state index contributed by atoms with van der Waals surface area (Å²) in [5, 5.41) is -13.7. The molecule has 0 radical (unpaired) electrons. The molecule has 0 aromatic heterocycles. The van der Waals surface area contributed by atoms with Crippen molar-refractivity contribution in [3.8, 4) is 17.2 Å². The van der Waals surface area contributed by atoms with Crippen LogP contribution >= 0.6 is 0 Å². The van der Waals surface area contributed by atoms with Crippen LogP contribution in [-0.2, 0) is 125 Å². The predicted molar refractivity (Wildman–Crippen MR) is 453 cm³/mol. The molecule has 4 fully saturated rings. The largest absolute Gasteiger partial charge is 0.743 e. The number of alkyl halides is 6. The first-order valence-electron chi connectivity index (χ1n) is 39.7. The van der Waals surface area contributed by atoms with Crippen LogP contribution in [0.25, 0.3) is 0 Å². The van der Waals surface area contributed by atoms with Crippen LogP contribution in [0.1, 0.15) is 170 Å². The van der Waals surface area contributed by atoms with Gasteiger partial charge in [0.2, 0.25) is 0 Å². The Bertz CT molecular complexity index is 5460. The van der Waals surface area contributed by atoms with E-state index in [0.29, 0.717) is 19.8 Å². The third-order valence-electron chi connectivity index (χ3n) is 21.3. The minimum Gasteiger partial charge on any atom is -0.743 e. The minimum atomic E-state index is -5.90. The topological polar surface area (TPSA) is 255 Å². The summed E-state index contributed by atoms with van der Waals surface area (Å²) in [6.07, 6.45) is -3.20. The van der Waals surface area contributed by atoms with E-state index < -0.39 is 120 Å². The number of benzene rings is 9. The summed E-state index contributed by atoms with van der Waals surface area (Å²) in [6.45, 7) is 33.0. The van der Waals surface area contributed by atoms with Crippen LogP contribution in [0.15, 0.2) is 262 Å². The van der Waals surface area contributed by atoms with Crippen molar-refractivity contribution < 1.29 is 108 Å². The maximum Gasteiger partial charge on any atom is 0.369 e. The van der Waals surface area contributed by atoms with Gasteiger partial charge in [-0.25, -0.2) is 25.3 Å². The van der Waals surface area contributed by atoms with Crippen LogP contribution < -0.4 is 14.2 Å². The van der Waals surface area contributed by atoms with Crippen LogP contribution in [0.2, 0.25) is 0 Å². The van der Waals surface area contributed by atoms with E-state index in [-0.39, 0.29) is 45.7 Å². The second-order valence-corrected chi connectivity index (χ2v) is 44.9. The first-order valence-corrected chi connectivity index (χ1v) is 47.6. The van der Waals surface area contributed by atoms with Gasteiger partial charge in [-0.1, -0.05) is 117 Å². The van der Waals surface area contributed by atoms with Gasteiger partial charge in [0.25, 0.3) is 0 Å². The molecule has 1 saturated carbocycles. The lowest BCUT2D eigenvalue weighted by molar-refractivity contribution is -0.176. The van der Waals surface area contributed by atoms with Gasteiger partial charge in [0.15, 0.2) is 110 Å². The van der Waals surface area contributed by atoms with Crippen molar-refractivity contribution in [3.05, 3.63) is 252 Å². The summed E-state index contributed by atoms with van der Waals surface area (Å²) in [7, 11) is -19.7. The molecule has 13 rings (SSSR count). The van der Waals surface area contributed by atoms with Gasteiger partial charge >= 0.3 is 15.8 Å². The lowest BCUT2D eigenvalue weighted by Gasteiger charge is -2.26. The Labute approximate surface area is 721 Å². The second-order valence-electron chi connectivity index (χ2n) is 34.5. The lowest BCUT2D eigenvalue weighted by atomic mass is 9.87. The number of fused-ring (bicyclic) bond motifs is 1. The molecule has 1 aliphatic carbocycles. The zero-order valence-corrected chi connectivity index (χ0v) is 75.9. The summed E-state index contributed by atoms with van der Waals surface area (Å²) in [5.41, 5.74) is 5.64. The highest BCUT2D eigenvalue weighted by atomic mass is 32.2. The normalized spacial score (nSPS) is 21.0. The molecule has 3 heterocycles. The van der Waals surface area contributed by atoms with Crippen molar-refractivity contribution in [3.63, 3.8) is 0 Å². The quantitative estimate of drug-likeness (QED) is 0.0309.